The molecular formula is C19H17NO4. The van der Waals surface area contributed by atoms with Crippen LogP contribution in [0.25, 0.3) is 0 Å². The Morgan fingerprint density at radius 2 is 1.58 bits per heavy atom. The van der Waals surface area contributed by atoms with Crippen LogP contribution in [0.1, 0.15) is 31.4 Å². The van der Waals surface area contributed by atoms with Crippen molar-refractivity contribution in [3.63, 3.8) is 0 Å². The summed E-state index contributed by atoms with van der Waals surface area (Å²) in [6, 6.07) is 13.0. The van der Waals surface area contributed by atoms with Crippen molar-refractivity contribution >= 4 is 11.7 Å². The van der Waals surface area contributed by atoms with Crippen LogP contribution >= 0.6 is 0 Å². The molecule has 0 aromatic heterocycles. The SMILES string of the molecule is CCC(C)C(=O)Oc1ccc(C#Cc2ccc([N+](=O)[O-])cc2)cc1. The molecule has 122 valence electrons. The van der Waals surface area contributed by atoms with Crippen LogP contribution < -0.4 is 4.74 Å². The number of nitro benzene ring substituents is 1. The highest BCUT2D eigenvalue weighted by atomic mass is 16.6. The molecule has 0 saturated carbocycles. The van der Waals surface area contributed by atoms with Crippen LogP contribution in [-0.2, 0) is 4.79 Å². The van der Waals surface area contributed by atoms with Crippen molar-refractivity contribution in [3.05, 3.63) is 69.8 Å². The summed E-state index contributed by atoms with van der Waals surface area (Å²) in [6.07, 6.45) is 0.734. The van der Waals surface area contributed by atoms with Gasteiger partial charge in [-0.2, -0.15) is 0 Å². The van der Waals surface area contributed by atoms with Crippen LogP contribution in [0.4, 0.5) is 5.69 Å². The van der Waals surface area contributed by atoms with Gasteiger partial charge in [-0.1, -0.05) is 25.7 Å². The topological polar surface area (TPSA) is 69.4 Å². The van der Waals surface area contributed by atoms with E-state index in [9.17, 15) is 14.9 Å². The van der Waals surface area contributed by atoms with Gasteiger partial charge < -0.3 is 4.74 Å². The van der Waals surface area contributed by atoms with Gasteiger partial charge in [0, 0.05) is 23.3 Å². The Hall–Kier alpha value is -3.13. The predicted molar refractivity (Wildman–Crippen MR) is 90.6 cm³/mol. The molecule has 5 heteroatoms. The van der Waals surface area contributed by atoms with Crippen molar-refractivity contribution in [1.29, 1.82) is 0 Å². The first-order valence-corrected chi connectivity index (χ1v) is 7.58. The summed E-state index contributed by atoms with van der Waals surface area (Å²) in [5.74, 6) is 6.00. The number of ether oxygens (including phenoxy) is 1. The fraction of sp³-hybridized carbons (Fsp3) is 0.211. The summed E-state index contributed by atoms with van der Waals surface area (Å²) in [5, 5.41) is 10.6. The summed E-state index contributed by atoms with van der Waals surface area (Å²) in [4.78, 5) is 21.9. The summed E-state index contributed by atoms with van der Waals surface area (Å²) >= 11 is 0. The third-order valence-electron chi connectivity index (χ3n) is 3.52. The lowest BCUT2D eigenvalue weighted by molar-refractivity contribution is -0.384. The Morgan fingerprint density at radius 1 is 1.08 bits per heavy atom. The lowest BCUT2D eigenvalue weighted by atomic mass is 10.1. The van der Waals surface area contributed by atoms with Crippen LogP contribution in [0.2, 0.25) is 0 Å². The van der Waals surface area contributed by atoms with E-state index >= 15 is 0 Å². The lowest BCUT2D eigenvalue weighted by Crippen LogP contribution is -2.16. The monoisotopic (exact) mass is 323 g/mol. The molecular weight excluding hydrogens is 306 g/mol. The van der Waals surface area contributed by atoms with Crippen LogP contribution in [0.15, 0.2) is 48.5 Å². The highest BCUT2D eigenvalue weighted by molar-refractivity contribution is 5.74. The zero-order chi connectivity index (χ0) is 17.5. The van der Waals surface area contributed by atoms with Crippen molar-refractivity contribution in [2.24, 2.45) is 5.92 Å². The fourth-order valence-electron chi connectivity index (χ4n) is 1.80. The summed E-state index contributed by atoms with van der Waals surface area (Å²) in [7, 11) is 0. The van der Waals surface area contributed by atoms with E-state index < -0.39 is 4.92 Å². The number of hydrogen-bond acceptors (Lipinski definition) is 4. The van der Waals surface area contributed by atoms with Crippen LogP contribution in [0.3, 0.4) is 0 Å². The number of nitrogens with zero attached hydrogens (tertiary/aromatic N) is 1. The Kier molecular flexibility index (Phi) is 5.69. The van der Waals surface area contributed by atoms with Gasteiger partial charge in [-0.15, -0.1) is 0 Å². The molecule has 2 rings (SSSR count). The van der Waals surface area contributed by atoms with Gasteiger partial charge >= 0.3 is 5.97 Å². The Balaban J connectivity index is 2.04. The number of carbonyl (C=O) groups is 1. The molecule has 5 nitrogen and oxygen atoms in total. The number of benzene rings is 2. The van der Waals surface area contributed by atoms with Crippen molar-refractivity contribution in [2.45, 2.75) is 20.3 Å². The van der Waals surface area contributed by atoms with E-state index in [1.165, 1.54) is 12.1 Å². The van der Waals surface area contributed by atoms with Gasteiger partial charge in [0.2, 0.25) is 0 Å². The Morgan fingerprint density at radius 3 is 2.04 bits per heavy atom. The van der Waals surface area contributed by atoms with Gasteiger partial charge in [0.25, 0.3) is 5.69 Å². The average molecular weight is 323 g/mol. The van der Waals surface area contributed by atoms with Crippen LogP contribution in [0, 0.1) is 27.9 Å². The smallest absolute Gasteiger partial charge is 0.314 e. The molecule has 24 heavy (non-hydrogen) atoms. The first-order chi connectivity index (χ1) is 11.5. The number of non-ortho nitro benzene ring substituents is 1. The molecule has 0 aliphatic rings. The van der Waals surface area contributed by atoms with E-state index in [-0.39, 0.29) is 17.6 Å². The maximum Gasteiger partial charge on any atom is 0.314 e. The molecule has 0 radical (unpaired) electrons. The van der Waals surface area contributed by atoms with E-state index in [2.05, 4.69) is 11.8 Å². The predicted octanol–water partition coefficient (Wildman–Crippen LogP) is 3.95. The third kappa shape index (κ3) is 4.68. The molecule has 2 aromatic rings. The minimum absolute atomic E-state index is 0.0352. The average Bonchev–Trinajstić information content (AvgIpc) is 2.60. The normalized spacial score (nSPS) is 11.1. The summed E-state index contributed by atoms with van der Waals surface area (Å²) < 4.78 is 5.27. The zero-order valence-corrected chi connectivity index (χ0v) is 13.5. The molecule has 0 aliphatic heterocycles. The highest BCUT2D eigenvalue weighted by Crippen LogP contribution is 2.15. The quantitative estimate of drug-likeness (QED) is 0.281. The van der Waals surface area contributed by atoms with Crippen molar-refractivity contribution in [3.8, 4) is 17.6 Å². The third-order valence-corrected chi connectivity index (χ3v) is 3.52. The highest BCUT2D eigenvalue weighted by Gasteiger charge is 2.12. The van der Waals surface area contributed by atoms with E-state index in [1.54, 1.807) is 36.4 Å². The number of hydrogen-bond donors (Lipinski definition) is 0. The second-order valence-electron chi connectivity index (χ2n) is 5.31. The van der Waals surface area contributed by atoms with E-state index in [1.807, 2.05) is 13.8 Å². The van der Waals surface area contributed by atoms with Crippen LogP contribution in [-0.4, -0.2) is 10.9 Å². The maximum absolute atomic E-state index is 11.7. The van der Waals surface area contributed by atoms with Gasteiger partial charge in [-0.25, -0.2) is 0 Å². The zero-order valence-electron chi connectivity index (χ0n) is 13.5. The Bertz CT molecular complexity index is 783. The Labute approximate surface area is 140 Å². The summed E-state index contributed by atoms with van der Waals surface area (Å²) in [6.45, 7) is 3.76. The molecule has 2 aromatic carbocycles. The lowest BCUT2D eigenvalue weighted by Gasteiger charge is -2.08. The van der Waals surface area contributed by atoms with Crippen LogP contribution in [0.5, 0.6) is 5.75 Å². The number of carbonyl (C=O) groups excluding carboxylic acids is 1. The van der Waals surface area contributed by atoms with Crippen molar-refractivity contribution in [1.82, 2.24) is 0 Å². The van der Waals surface area contributed by atoms with Crippen molar-refractivity contribution < 1.29 is 14.5 Å². The number of rotatable bonds is 4. The second-order valence-corrected chi connectivity index (χ2v) is 5.31. The molecule has 0 aliphatic carbocycles. The van der Waals surface area contributed by atoms with Gasteiger partial charge in [-0.05, 0) is 42.8 Å². The molecule has 1 unspecified atom stereocenters. The molecule has 0 saturated heterocycles. The van der Waals surface area contributed by atoms with Gasteiger partial charge in [0.05, 0.1) is 10.8 Å². The maximum atomic E-state index is 11.7. The largest absolute Gasteiger partial charge is 0.426 e. The van der Waals surface area contributed by atoms with Gasteiger partial charge in [0.1, 0.15) is 5.75 Å². The van der Waals surface area contributed by atoms with Gasteiger partial charge in [0.15, 0.2) is 0 Å². The molecule has 0 spiro atoms. The fourth-order valence-corrected chi connectivity index (χ4v) is 1.80. The molecule has 0 bridgehead atoms. The molecule has 0 amide bonds. The summed E-state index contributed by atoms with van der Waals surface area (Å²) in [5.41, 5.74) is 1.48. The van der Waals surface area contributed by atoms with E-state index in [4.69, 9.17) is 4.74 Å². The second kappa shape index (κ2) is 7.93. The van der Waals surface area contributed by atoms with Crippen molar-refractivity contribution in [2.75, 3.05) is 0 Å². The molecule has 0 N–H and O–H groups in total. The molecule has 0 fully saturated rings. The number of esters is 1. The minimum atomic E-state index is -0.448. The van der Waals surface area contributed by atoms with E-state index in [0.717, 1.165) is 12.0 Å². The first-order valence-electron chi connectivity index (χ1n) is 7.58. The van der Waals surface area contributed by atoms with E-state index in [0.29, 0.717) is 11.3 Å². The standard InChI is InChI=1S/C19H17NO4/c1-3-14(2)19(21)24-18-12-8-16(9-13-18)5-4-15-6-10-17(11-7-15)20(22)23/h6-14H,3H2,1-2H3. The number of nitro groups is 1. The molecule has 1 atom stereocenters. The van der Waals surface area contributed by atoms with Gasteiger partial charge in [-0.3, -0.25) is 14.9 Å². The first kappa shape index (κ1) is 17.2. The minimum Gasteiger partial charge on any atom is -0.426 e. The molecule has 0 heterocycles.